The lowest BCUT2D eigenvalue weighted by atomic mass is 10.4. The maximum atomic E-state index is 11.3. The number of likely N-dealkylation sites (tertiary alicyclic amines) is 1. The molecule has 0 unspecified atom stereocenters. The summed E-state index contributed by atoms with van der Waals surface area (Å²) in [6, 6.07) is 0.660. The number of carbonyl (C=O) groups is 1. The van der Waals surface area contributed by atoms with E-state index in [9.17, 15) is 4.79 Å². The van der Waals surface area contributed by atoms with Crippen molar-refractivity contribution >= 4 is 18.4 Å². The maximum Gasteiger partial charge on any atom is 0.317 e. The Morgan fingerprint density at radius 3 is 2.33 bits per heavy atom. The van der Waals surface area contributed by atoms with E-state index < -0.39 is 0 Å². The lowest BCUT2D eigenvalue weighted by Crippen LogP contribution is -2.38. The van der Waals surface area contributed by atoms with Crippen LogP contribution in [0.25, 0.3) is 0 Å². The standard InChI is InChI=1S/C8H14N2O.ClH/c11-8(9-7-3-4-7)10-5-1-2-6-10;/h7H,1-6H2,(H,9,11);1H. The average Bonchev–Trinajstić information content (AvgIpc) is 2.67. The van der Waals surface area contributed by atoms with Gasteiger partial charge in [-0.05, 0) is 25.7 Å². The third-order valence-corrected chi connectivity index (χ3v) is 2.30. The van der Waals surface area contributed by atoms with Gasteiger partial charge in [-0.15, -0.1) is 12.4 Å². The SMILES string of the molecule is Cl.O=C(NC1CC1)N1CCCC1. The molecule has 0 aromatic rings. The predicted molar refractivity (Wildman–Crippen MR) is 49.6 cm³/mol. The smallest absolute Gasteiger partial charge is 0.317 e. The van der Waals surface area contributed by atoms with Gasteiger partial charge in [0.25, 0.3) is 0 Å². The molecule has 2 aliphatic rings. The predicted octanol–water partition coefficient (Wildman–Crippen LogP) is 1.38. The summed E-state index contributed by atoms with van der Waals surface area (Å²) in [5.41, 5.74) is 0. The summed E-state index contributed by atoms with van der Waals surface area (Å²) >= 11 is 0. The maximum absolute atomic E-state index is 11.3. The number of carbonyl (C=O) groups excluding carboxylic acids is 1. The third kappa shape index (κ3) is 2.27. The summed E-state index contributed by atoms with van der Waals surface area (Å²) in [6.45, 7) is 1.91. The van der Waals surface area contributed by atoms with Crippen LogP contribution in [0.3, 0.4) is 0 Å². The molecule has 2 rings (SSSR count). The minimum atomic E-state index is 0. The van der Waals surface area contributed by atoms with Crippen molar-refractivity contribution < 1.29 is 4.79 Å². The molecule has 0 radical (unpaired) electrons. The molecule has 70 valence electrons. The molecule has 0 aromatic carbocycles. The summed E-state index contributed by atoms with van der Waals surface area (Å²) in [5, 5.41) is 2.98. The topological polar surface area (TPSA) is 32.3 Å². The van der Waals surface area contributed by atoms with Crippen molar-refractivity contribution in [3.05, 3.63) is 0 Å². The Morgan fingerprint density at radius 2 is 1.83 bits per heavy atom. The minimum absolute atomic E-state index is 0. The number of amides is 2. The highest BCUT2D eigenvalue weighted by molar-refractivity contribution is 5.85. The van der Waals surface area contributed by atoms with E-state index in [1.165, 1.54) is 25.7 Å². The zero-order chi connectivity index (χ0) is 7.68. The van der Waals surface area contributed by atoms with Gasteiger partial charge in [0.15, 0.2) is 0 Å². The fourth-order valence-corrected chi connectivity index (χ4v) is 1.41. The van der Waals surface area contributed by atoms with Crippen molar-refractivity contribution in [1.29, 1.82) is 0 Å². The van der Waals surface area contributed by atoms with E-state index in [0.717, 1.165) is 13.1 Å². The summed E-state index contributed by atoms with van der Waals surface area (Å²) in [7, 11) is 0. The van der Waals surface area contributed by atoms with Crippen LogP contribution in [-0.4, -0.2) is 30.1 Å². The van der Waals surface area contributed by atoms with Gasteiger partial charge in [0.1, 0.15) is 0 Å². The van der Waals surface area contributed by atoms with Crippen LogP contribution in [0.15, 0.2) is 0 Å². The molecule has 3 nitrogen and oxygen atoms in total. The largest absolute Gasteiger partial charge is 0.335 e. The van der Waals surface area contributed by atoms with Crippen molar-refractivity contribution in [3.8, 4) is 0 Å². The minimum Gasteiger partial charge on any atom is -0.335 e. The molecule has 12 heavy (non-hydrogen) atoms. The lowest BCUT2D eigenvalue weighted by Gasteiger charge is -2.15. The highest BCUT2D eigenvalue weighted by Crippen LogP contribution is 2.19. The van der Waals surface area contributed by atoms with Gasteiger partial charge >= 0.3 is 6.03 Å². The number of urea groups is 1. The summed E-state index contributed by atoms with van der Waals surface area (Å²) < 4.78 is 0. The van der Waals surface area contributed by atoms with E-state index in [-0.39, 0.29) is 18.4 Å². The van der Waals surface area contributed by atoms with Crippen LogP contribution in [0.2, 0.25) is 0 Å². The molecule has 2 fully saturated rings. The molecule has 4 heteroatoms. The summed E-state index contributed by atoms with van der Waals surface area (Å²) in [4.78, 5) is 13.2. The Bertz CT molecular complexity index is 164. The van der Waals surface area contributed by atoms with Gasteiger partial charge in [-0.3, -0.25) is 0 Å². The molecule has 0 spiro atoms. The molecule has 0 aromatic heterocycles. The van der Waals surface area contributed by atoms with Gasteiger partial charge < -0.3 is 10.2 Å². The van der Waals surface area contributed by atoms with E-state index in [2.05, 4.69) is 5.32 Å². The van der Waals surface area contributed by atoms with Crippen molar-refractivity contribution in [3.63, 3.8) is 0 Å². The van der Waals surface area contributed by atoms with E-state index >= 15 is 0 Å². The van der Waals surface area contributed by atoms with E-state index in [1.807, 2.05) is 4.90 Å². The Kier molecular flexibility index (Phi) is 3.20. The van der Waals surface area contributed by atoms with Gasteiger partial charge in [-0.25, -0.2) is 4.79 Å². The fourth-order valence-electron chi connectivity index (χ4n) is 1.41. The van der Waals surface area contributed by atoms with Crippen LogP contribution in [-0.2, 0) is 0 Å². The van der Waals surface area contributed by atoms with Crippen LogP contribution in [0.5, 0.6) is 0 Å². The van der Waals surface area contributed by atoms with Crippen molar-refractivity contribution in [1.82, 2.24) is 10.2 Å². The molecule has 1 aliphatic heterocycles. The van der Waals surface area contributed by atoms with Gasteiger partial charge in [-0.1, -0.05) is 0 Å². The number of nitrogens with zero attached hydrogens (tertiary/aromatic N) is 1. The molecule has 1 N–H and O–H groups in total. The second kappa shape index (κ2) is 3.99. The highest BCUT2D eigenvalue weighted by atomic mass is 35.5. The first-order chi connectivity index (χ1) is 5.36. The van der Waals surface area contributed by atoms with Crippen molar-refractivity contribution in [2.75, 3.05) is 13.1 Å². The second-order valence-corrected chi connectivity index (χ2v) is 3.42. The Balaban J connectivity index is 0.000000720. The van der Waals surface area contributed by atoms with Crippen molar-refractivity contribution in [2.24, 2.45) is 0 Å². The molecule has 0 bridgehead atoms. The Morgan fingerprint density at radius 1 is 1.25 bits per heavy atom. The third-order valence-electron chi connectivity index (χ3n) is 2.30. The highest BCUT2D eigenvalue weighted by Gasteiger charge is 2.26. The fraction of sp³-hybridized carbons (Fsp3) is 0.875. The molecule has 2 amide bonds. The zero-order valence-corrected chi connectivity index (χ0v) is 7.90. The quantitative estimate of drug-likeness (QED) is 0.666. The van der Waals surface area contributed by atoms with Crippen LogP contribution in [0.1, 0.15) is 25.7 Å². The molecule has 1 saturated carbocycles. The second-order valence-electron chi connectivity index (χ2n) is 3.42. The lowest BCUT2D eigenvalue weighted by molar-refractivity contribution is 0.208. The number of nitrogens with one attached hydrogen (secondary N) is 1. The van der Waals surface area contributed by atoms with Gasteiger partial charge in [-0.2, -0.15) is 0 Å². The molecule has 1 heterocycles. The number of halogens is 1. The first-order valence-corrected chi connectivity index (χ1v) is 4.42. The van der Waals surface area contributed by atoms with E-state index in [0.29, 0.717) is 6.04 Å². The monoisotopic (exact) mass is 190 g/mol. The van der Waals surface area contributed by atoms with Crippen LogP contribution in [0, 0.1) is 0 Å². The molecular formula is C8H15ClN2O. The molecule has 1 saturated heterocycles. The number of hydrogen-bond acceptors (Lipinski definition) is 1. The van der Waals surface area contributed by atoms with Crippen LogP contribution in [0.4, 0.5) is 4.79 Å². The van der Waals surface area contributed by atoms with Gasteiger partial charge in [0.2, 0.25) is 0 Å². The van der Waals surface area contributed by atoms with Gasteiger partial charge in [0.05, 0.1) is 0 Å². The first-order valence-electron chi connectivity index (χ1n) is 4.42. The molecule has 0 atom stereocenters. The van der Waals surface area contributed by atoms with Gasteiger partial charge in [0, 0.05) is 19.1 Å². The first kappa shape index (κ1) is 9.65. The zero-order valence-electron chi connectivity index (χ0n) is 7.08. The Hall–Kier alpha value is -0.440. The Labute approximate surface area is 78.9 Å². The molecule has 1 aliphatic carbocycles. The summed E-state index contributed by atoms with van der Waals surface area (Å²) in [5.74, 6) is 0. The van der Waals surface area contributed by atoms with Crippen LogP contribution >= 0.6 is 12.4 Å². The van der Waals surface area contributed by atoms with E-state index in [1.54, 1.807) is 0 Å². The van der Waals surface area contributed by atoms with Crippen LogP contribution < -0.4 is 5.32 Å². The molecular weight excluding hydrogens is 176 g/mol. The summed E-state index contributed by atoms with van der Waals surface area (Å²) in [6.07, 6.45) is 4.72. The number of rotatable bonds is 1. The normalized spacial score (nSPS) is 21.8. The number of hydrogen-bond donors (Lipinski definition) is 1. The van der Waals surface area contributed by atoms with E-state index in [4.69, 9.17) is 0 Å². The van der Waals surface area contributed by atoms with Crippen molar-refractivity contribution in [2.45, 2.75) is 31.7 Å². The average molecular weight is 191 g/mol.